The molecule has 3 nitrogen and oxygen atoms in total. The van der Waals surface area contributed by atoms with Crippen molar-refractivity contribution in [3.63, 3.8) is 0 Å². The van der Waals surface area contributed by atoms with Crippen LogP contribution in [0.15, 0.2) is 23.1 Å². The average Bonchev–Trinajstić information content (AvgIpc) is 2.66. The highest BCUT2D eigenvalue weighted by Gasteiger charge is 2.13. The molecule has 2 N–H and O–H groups in total. The third-order valence-corrected chi connectivity index (χ3v) is 4.80. The molecule has 0 unspecified atom stereocenters. The average molecular weight is 296 g/mol. The first-order valence-electron chi connectivity index (χ1n) is 6.22. The number of aryl methyl sites for hydroxylation is 2. The summed E-state index contributed by atoms with van der Waals surface area (Å²) in [6.45, 7) is 4.10. The summed E-state index contributed by atoms with van der Waals surface area (Å²) in [5.41, 5.74) is 9.90. The molecular formula is C14H18ClN3S. The summed E-state index contributed by atoms with van der Waals surface area (Å²) in [4.78, 5) is 1.19. The Labute approximate surface area is 123 Å². The molecule has 0 amide bonds. The number of hydrogen-bond acceptors (Lipinski definition) is 3. The number of nitrogen functional groups attached to an aromatic ring is 1. The van der Waals surface area contributed by atoms with E-state index in [0.29, 0.717) is 0 Å². The van der Waals surface area contributed by atoms with Crippen LogP contribution >= 0.6 is 23.4 Å². The molecule has 102 valence electrons. The monoisotopic (exact) mass is 295 g/mol. The van der Waals surface area contributed by atoms with Gasteiger partial charge in [0.25, 0.3) is 0 Å². The number of thioether (sulfide) groups is 1. The van der Waals surface area contributed by atoms with Crippen molar-refractivity contribution in [2.45, 2.75) is 30.9 Å². The van der Waals surface area contributed by atoms with Crippen LogP contribution in [0.2, 0.25) is 5.02 Å². The Balaban J connectivity index is 2.19. The summed E-state index contributed by atoms with van der Waals surface area (Å²) in [5.74, 6) is 0.798. The second-order valence-corrected chi connectivity index (χ2v) is 5.84. The topological polar surface area (TPSA) is 43.8 Å². The summed E-state index contributed by atoms with van der Waals surface area (Å²) in [7, 11) is 1.94. The molecule has 1 heterocycles. The summed E-state index contributed by atoms with van der Waals surface area (Å²) in [6.07, 6.45) is 0.856. The lowest BCUT2D eigenvalue weighted by molar-refractivity contribution is 0.720. The van der Waals surface area contributed by atoms with Crippen molar-refractivity contribution in [2.24, 2.45) is 7.05 Å². The fraction of sp³-hybridized carbons (Fsp3) is 0.357. The van der Waals surface area contributed by atoms with Crippen molar-refractivity contribution < 1.29 is 0 Å². The molecule has 1 aromatic carbocycles. The predicted octanol–water partition coefficient (Wildman–Crippen LogP) is 3.82. The minimum absolute atomic E-state index is 0.791. The number of nitrogens with two attached hydrogens (primary N) is 1. The van der Waals surface area contributed by atoms with Crippen LogP contribution in [0.3, 0.4) is 0 Å². The van der Waals surface area contributed by atoms with Crippen LogP contribution in [-0.4, -0.2) is 9.78 Å². The van der Waals surface area contributed by atoms with E-state index in [-0.39, 0.29) is 0 Å². The van der Waals surface area contributed by atoms with E-state index in [4.69, 9.17) is 17.3 Å². The Hall–Kier alpha value is -1.13. The molecule has 5 heteroatoms. The van der Waals surface area contributed by atoms with Gasteiger partial charge in [-0.15, -0.1) is 11.8 Å². The van der Waals surface area contributed by atoms with Crippen molar-refractivity contribution in [1.82, 2.24) is 9.78 Å². The van der Waals surface area contributed by atoms with E-state index in [1.165, 1.54) is 4.90 Å². The van der Waals surface area contributed by atoms with Gasteiger partial charge in [0, 0.05) is 23.4 Å². The number of rotatable bonds is 4. The van der Waals surface area contributed by atoms with E-state index < -0.39 is 0 Å². The normalized spacial score (nSPS) is 10.9. The van der Waals surface area contributed by atoms with E-state index in [1.807, 2.05) is 30.8 Å². The number of halogens is 1. The smallest absolute Gasteiger partial charge is 0.0858 e. The van der Waals surface area contributed by atoms with Gasteiger partial charge in [-0.2, -0.15) is 5.10 Å². The zero-order valence-corrected chi connectivity index (χ0v) is 13.0. The van der Waals surface area contributed by atoms with Gasteiger partial charge in [-0.05, 0) is 31.0 Å². The molecule has 0 aliphatic rings. The standard InChI is InChI=1S/C14H18ClN3S/c1-4-11-14(15)12(18(3)17-11)8-19-13-7-5-6-10(16)9(13)2/h5-7H,4,8,16H2,1-3H3. The molecule has 0 fully saturated rings. The van der Waals surface area contributed by atoms with Crippen LogP contribution in [0.4, 0.5) is 5.69 Å². The zero-order chi connectivity index (χ0) is 14.0. The summed E-state index contributed by atoms with van der Waals surface area (Å²) in [5, 5.41) is 5.22. The van der Waals surface area contributed by atoms with Gasteiger partial charge in [-0.1, -0.05) is 24.6 Å². The maximum absolute atomic E-state index is 6.35. The van der Waals surface area contributed by atoms with Gasteiger partial charge in [0.05, 0.1) is 16.4 Å². The van der Waals surface area contributed by atoms with Crippen molar-refractivity contribution in [2.75, 3.05) is 5.73 Å². The summed E-state index contributed by atoms with van der Waals surface area (Å²) >= 11 is 8.09. The number of aromatic nitrogens is 2. The van der Waals surface area contributed by atoms with Gasteiger partial charge in [0.15, 0.2) is 0 Å². The SMILES string of the molecule is CCc1nn(C)c(CSc2cccc(N)c2C)c1Cl. The summed E-state index contributed by atoms with van der Waals surface area (Å²) < 4.78 is 1.87. The first-order valence-corrected chi connectivity index (χ1v) is 7.59. The van der Waals surface area contributed by atoms with E-state index in [9.17, 15) is 0 Å². The maximum atomic E-state index is 6.35. The third kappa shape index (κ3) is 2.90. The molecule has 0 radical (unpaired) electrons. The zero-order valence-electron chi connectivity index (χ0n) is 11.4. The number of anilines is 1. The van der Waals surface area contributed by atoms with Crippen molar-refractivity contribution >= 4 is 29.1 Å². The van der Waals surface area contributed by atoms with Crippen LogP contribution in [0.1, 0.15) is 23.9 Å². The highest BCUT2D eigenvalue weighted by atomic mass is 35.5. The second kappa shape index (κ2) is 5.88. The van der Waals surface area contributed by atoms with Crippen LogP contribution in [-0.2, 0) is 19.2 Å². The maximum Gasteiger partial charge on any atom is 0.0858 e. The molecule has 0 saturated heterocycles. The Bertz CT molecular complexity index is 593. The number of nitrogens with zero attached hydrogens (tertiary/aromatic N) is 2. The lowest BCUT2D eigenvalue weighted by Gasteiger charge is -2.08. The fourth-order valence-electron chi connectivity index (χ4n) is 1.91. The Morgan fingerprint density at radius 2 is 2.16 bits per heavy atom. The van der Waals surface area contributed by atoms with Gasteiger partial charge in [0.2, 0.25) is 0 Å². The minimum atomic E-state index is 0.791. The third-order valence-electron chi connectivity index (χ3n) is 3.19. The molecule has 2 aromatic rings. The van der Waals surface area contributed by atoms with Crippen LogP contribution in [0, 0.1) is 6.92 Å². The molecule has 1 aromatic heterocycles. The molecule has 19 heavy (non-hydrogen) atoms. The largest absolute Gasteiger partial charge is 0.398 e. The fourth-order valence-corrected chi connectivity index (χ4v) is 3.48. The van der Waals surface area contributed by atoms with Crippen molar-refractivity contribution in [1.29, 1.82) is 0 Å². The van der Waals surface area contributed by atoms with Crippen molar-refractivity contribution in [3.8, 4) is 0 Å². The quantitative estimate of drug-likeness (QED) is 0.689. The Kier molecular flexibility index (Phi) is 4.42. The van der Waals surface area contributed by atoms with Gasteiger partial charge < -0.3 is 5.73 Å². The van der Waals surface area contributed by atoms with E-state index >= 15 is 0 Å². The molecular weight excluding hydrogens is 278 g/mol. The van der Waals surface area contributed by atoms with Crippen LogP contribution in [0.5, 0.6) is 0 Å². The van der Waals surface area contributed by atoms with E-state index in [2.05, 4.69) is 18.1 Å². The lowest BCUT2D eigenvalue weighted by Crippen LogP contribution is -1.97. The predicted molar refractivity (Wildman–Crippen MR) is 82.7 cm³/mol. The van der Waals surface area contributed by atoms with Gasteiger partial charge in [-0.25, -0.2) is 0 Å². The van der Waals surface area contributed by atoms with Crippen molar-refractivity contribution in [3.05, 3.63) is 40.2 Å². The number of benzene rings is 1. The second-order valence-electron chi connectivity index (χ2n) is 4.44. The molecule has 0 saturated carbocycles. The lowest BCUT2D eigenvalue weighted by atomic mass is 10.2. The molecule has 0 aliphatic carbocycles. The van der Waals surface area contributed by atoms with E-state index in [0.717, 1.165) is 39.8 Å². The Morgan fingerprint density at radius 1 is 1.42 bits per heavy atom. The molecule has 0 atom stereocenters. The number of hydrogen-bond donors (Lipinski definition) is 1. The highest BCUT2D eigenvalue weighted by molar-refractivity contribution is 7.98. The van der Waals surface area contributed by atoms with E-state index in [1.54, 1.807) is 11.8 Å². The van der Waals surface area contributed by atoms with Crippen LogP contribution in [0.25, 0.3) is 0 Å². The molecule has 0 spiro atoms. The summed E-state index contributed by atoms with van der Waals surface area (Å²) in [6, 6.07) is 5.99. The molecule has 0 bridgehead atoms. The highest BCUT2D eigenvalue weighted by Crippen LogP contribution is 2.31. The molecule has 0 aliphatic heterocycles. The van der Waals surface area contributed by atoms with Gasteiger partial charge >= 0.3 is 0 Å². The first-order chi connectivity index (χ1) is 9.04. The van der Waals surface area contributed by atoms with Gasteiger partial charge in [0.1, 0.15) is 0 Å². The Morgan fingerprint density at radius 3 is 2.79 bits per heavy atom. The van der Waals surface area contributed by atoms with Gasteiger partial charge in [-0.3, -0.25) is 4.68 Å². The minimum Gasteiger partial charge on any atom is -0.398 e. The first kappa shape index (κ1) is 14.3. The van der Waals surface area contributed by atoms with Crippen LogP contribution < -0.4 is 5.73 Å². The molecule has 2 rings (SSSR count).